The standard InChI is InChI=1S/C14H16F4O/c1-2-3-4-5-6-13(19)10-7-8-12(15)11(9-10)14(16,17)18/h7-9H,2-6H2,1H3. The summed E-state index contributed by atoms with van der Waals surface area (Å²) >= 11 is 0. The minimum atomic E-state index is -4.78. The Morgan fingerprint density at radius 2 is 1.84 bits per heavy atom. The summed E-state index contributed by atoms with van der Waals surface area (Å²) in [5, 5.41) is 0. The Balaban J connectivity index is 2.76. The number of benzene rings is 1. The molecule has 0 aliphatic rings. The number of unbranched alkanes of at least 4 members (excludes halogenated alkanes) is 3. The first-order valence-electron chi connectivity index (χ1n) is 6.26. The molecule has 1 nitrogen and oxygen atoms in total. The van der Waals surface area contributed by atoms with Crippen molar-refractivity contribution in [2.24, 2.45) is 0 Å². The van der Waals surface area contributed by atoms with E-state index in [2.05, 4.69) is 0 Å². The first kappa shape index (κ1) is 15.7. The number of hydrogen-bond acceptors (Lipinski definition) is 1. The van der Waals surface area contributed by atoms with E-state index in [4.69, 9.17) is 0 Å². The molecular weight excluding hydrogens is 260 g/mol. The Labute approximate surface area is 109 Å². The highest BCUT2D eigenvalue weighted by Crippen LogP contribution is 2.32. The van der Waals surface area contributed by atoms with E-state index >= 15 is 0 Å². The summed E-state index contributed by atoms with van der Waals surface area (Å²) in [7, 11) is 0. The van der Waals surface area contributed by atoms with Crippen LogP contribution in [-0.4, -0.2) is 5.78 Å². The van der Waals surface area contributed by atoms with Crippen LogP contribution in [0.2, 0.25) is 0 Å². The fourth-order valence-corrected chi connectivity index (χ4v) is 1.77. The average Bonchev–Trinajstić information content (AvgIpc) is 2.33. The van der Waals surface area contributed by atoms with E-state index in [1.54, 1.807) is 0 Å². The van der Waals surface area contributed by atoms with E-state index in [1.807, 2.05) is 6.92 Å². The molecule has 0 N–H and O–H groups in total. The zero-order valence-corrected chi connectivity index (χ0v) is 10.7. The van der Waals surface area contributed by atoms with E-state index < -0.39 is 17.6 Å². The number of hydrogen-bond donors (Lipinski definition) is 0. The van der Waals surface area contributed by atoms with Gasteiger partial charge in [0.05, 0.1) is 5.56 Å². The van der Waals surface area contributed by atoms with Crippen LogP contribution in [0.5, 0.6) is 0 Å². The number of carbonyl (C=O) groups excluding carboxylic acids is 1. The van der Waals surface area contributed by atoms with Crippen molar-refractivity contribution in [3.05, 3.63) is 35.1 Å². The van der Waals surface area contributed by atoms with Crippen molar-refractivity contribution in [2.75, 3.05) is 0 Å². The summed E-state index contributed by atoms with van der Waals surface area (Å²) in [5.41, 5.74) is -1.46. The molecule has 0 saturated heterocycles. The summed E-state index contributed by atoms with van der Waals surface area (Å²) in [5.74, 6) is -1.73. The average molecular weight is 276 g/mol. The summed E-state index contributed by atoms with van der Waals surface area (Å²) in [4.78, 5) is 11.7. The predicted octanol–water partition coefficient (Wildman–Crippen LogP) is 5.00. The Hall–Kier alpha value is -1.39. The SMILES string of the molecule is CCCCCCC(=O)c1ccc(F)c(C(F)(F)F)c1. The molecule has 0 atom stereocenters. The number of halogens is 4. The lowest BCUT2D eigenvalue weighted by atomic mass is 10.0. The van der Waals surface area contributed by atoms with Gasteiger partial charge in [0.15, 0.2) is 5.78 Å². The highest BCUT2D eigenvalue weighted by atomic mass is 19.4. The number of Topliss-reactive ketones (excluding diaryl/α,β-unsaturated/α-hetero) is 1. The van der Waals surface area contributed by atoms with Crippen LogP contribution in [0.25, 0.3) is 0 Å². The molecule has 0 heterocycles. The van der Waals surface area contributed by atoms with Crippen LogP contribution in [0.4, 0.5) is 17.6 Å². The Kier molecular flexibility index (Phi) is 5.51. The maximum atomic E-state index is 13.1. The smallest absolute Gasteiger partial charge is 0.294 e. The van der Waals surface area contributed by atoms with Gasteiger partial charge in [-0.1, -0.05) is 26.2 Å². The topological polar surface area (TPSA) is 17.1 Å². The molecule has 0 aliphatic heterocycles. The number of carbonyl (C=O) groups is 1. The first-order valence-corrected chi connectivity index (χ1v) is 6.26. The summed E-state index contributed by atoms with van der Waals surface area (Å²) < 4.78 is 50.5. The van der Waals surface area contributed by atoms with Gasteiger partial charge in [0, 0.05) is 12.0 Å². The zero-order chi connectivity index (χ0) is 14.5. The quantitative estimate of drug-likeness (QED) is 0.406. The molecule has 1 aromatic rings. The van der Waals surface area contributed by atoms with Gasteiger partial charge >= 0.3 is 6.18 Å². The Morgan fingerprint density at radius 3 is 2.42 bits per heavy atom. The van der Waals surface area contributed by atoms with E-state index in [-0.39, 0.29) is 17.8 Å². The highest BCUT2D eigenvalue weighted by molar-refractivity contribution is 5.96. The zero-order valence-electron chi connectivity index (χ0n) is 10.7. The van der Waals surface area contributed by atoms with Crippen molar-refractivity contribution >= 4 is 5.78 Å². The van der Waals surface area contributed by atoms with Gasteiger partial charge in [0.2, 0.25) is 0 Å². The Bertz CT molecular complexity index is 438. The summed E-state index contributed by atoms with van der Waals surface area (Å²) in [6, 6.07) is 2.40. The number of ketones is 1. The van der Waals surface area contributed by atoms with Crippen LogP contribution in [0, 0.1) is 5.82 Å². The monoisotopic (exact) mass is 276 g/mol. The van der Waals surface area contributed by atoms with E-state index in [0.717, 1.165) is 25.3 Å². The lowest BCUT2D eigenvalue weighted by Crippen LogP contribution is -2.10. The molecule has 0 fully saturated rings. The maximum absolute atomic E-state index is 13.1. The molecule has 0 amide bonds. The van der Waals surface area contributed by atoms with E-state index in [1.165, 1.54) is 0 Å². The third kappa shape index (κ3) is 4.65. The molecular formula is C14H16F4O. The van der Waals surface area contributed by atoms with Crippen molar-refractivity contribution in [3.8, 4) is 0 Å². The van der Waals surface area contributed by atoms with Gasteiger partial charge in [0.1, 0.15) is 5.82 Å². The van der Waals surface area contributed by atoms with Gasteiger partial charge in [-0.2, -0.15) is 13.2 Å². The van der Waals surface area contributed by atoms with Crippen LogP contribution in [0.1, 0.15) is 54.9 Å². The minimum absolute atomic E-state index is 0.0785. The maximum Gasteiger partial charge on any atom is 0.419 e. The molecule has 0 bridgehead atoms. The van der Waals surface area contributed by atoms with Gasteiger partial charge in [-0.05, 0) is 24.6 Å². The molecule has 106 valence electrons. The largest absolute Gasteiger partial charge is 0.419 e. The lowest BCUT2D eigenvalue weighted by molar-refractivity contribution is -0.140. The van der Waals surface area contributed by atoms with Crippen molar-refractivity contribution in [1.82, 2.24) is 0 Å². The molecule has 0 unspecified atom stereocenters. The molecule has 0 spiro atoms. The second kappa shape index (κ2) is 6.68. The Morgan fingerprint density at radius 1 is 1.16 bits per heavy atom. The highest BCUT2D eigenvalue weighted by Gasteiger charge is 2.34. The van der Waals surface area contributed by atoms with Crippen molar-refractivity contribution in [2.45, 2.75) is 45.2 Å². The molecule has 19 heavy (non-hydrogen) atoms. The summed E-state index contributed by atoms with van der Waals surface area (Å²) in [6.45, 7) is 2.03. The van der Waals surface area contributed by atoms with Crippen molar-refractivity contribution in [1.29, 1.82) is 0 Å². The van der Waals surface area contributed by atoms with Crippen LogP contribution in [-0.2, 0) is 6.18 Å². The fourth-order valence-electron chi connectivity index (χ4n) is 1.77. The predicted molar refractivity (Wildman–Crippen MR) is 64.5 cm³/mol. The molecule has 1 rings (SSSR count). The lowest BCUT2D eigenvalue weighted by Gasteiger charge is -2.09. The van der Waals surface area contributed by atoms with Gasteiger partial charge in [-0.3, -0.25) is 4.79 Å². The normalized spacial score (nSPS) is 11.6. The van der Waals surface area contributed by atoms with Crippen LogP contribution >= 0.6 is 0 Å². The first-order chi connectivity index (χ1) is 8.86. The second-order valence-electron chi connectivity index (χ2n) is 4.43. The van der Waals surface area contributed by atoms with Crippen LogP contribution in [0.15, 0.2) is 18.2 Å². The van der Waals surface area contributed by atoms with Gasteiger partial charge in [-0.25, -0.2) is 4.39 Å². The van der Waals surface area contributed by atoms with E-state index in [0.29, 0.717) is 18.6 Å². The van der Waals surface area contributed by atoms with E-state index in [9.17, 15) is 22.4 Å². The molecule has 0 saturated carbocycles. The van der Waals surface area contributed by atoms with Crippen molar-refractivity contribution in [3.63, 3.8) is 0 Å². The van der Waals surface area contributed by atoms with Gasteiger partial charge < -0.3 is 0 Å². The van der Waals surface area contributed by atoms with Crippen LogP contribution in [0.3, 0.4) is 0 Å². The summed E-state index contributed by atoms with van der Waals surface area (Å²) in [6.07, 6.45) is -1.06. The number of rotatable bonds is 6. The number of alkyl halides is 3. The van der Waals surface area contributed by atoms with Crippen LogP contribution < -0.4 is 0 Å². The third-order valence-corrected chi connectivity index (χ3v) is 2.85. The molecule has 5 heteroatoms. The molecule has 0 radical (unpaired) electrons. The van der Waals surface area contributed by atoms with Crippen molar-refractivity contribution < 1.29 is 22.4 Å². The minimum Gasteiger partial charge on any atom is -0.294 e. The van der Waals surface area contributed by atoms with Gasteiger partial charge in [0.25, 0.3) is 0 Å². The molecule has 0 aromatic heterocycles. The molecule has 0 aliphatic carbocycles. The third-order valence-electron chi connectivity index (χ3n) is 2.85. The second-order valence-corrected chi connectivity index (χ2v) is 4.43. The molecule has 1 aromatic carbocycles. The fraction of sp³-hybridized carbons (Fsp3) is 0.500. The van der Waals surface area contributed by atoms with Gasteiger partial charge in [-0.15, -0.1) is 0 Å².